The van der Waals surface area contributed by atoms with E-state index in [1.54, 1.807) is 43.5 Å². The van der Waals surface area contributed by atoms with Gasteiger partial charge >= 0.3 is 0 Å². The zero-order valence-corrected chi connectivity index (χ0v) is 15.9. The molecule has 0 bridgehead atoms. The summed E-state index contributed by atoms with van der Waals surface area (Å²) in [6.45, 7) is 0.841. The van der Waals surface area contributed by atoms with Crippen molar-refractivity contribution in [2.24, 2.45) is 0 Å². The number of hydrogen-bond donors (Lipinski definition) is 1. The van der Waals surface area contributed by atoms with Gasteiger partial charge in [0, 0.05) is 25.6 Å². The van der Waals surface area contributed by atoms with E-state index in [0.717, 1.165) is 0 Å². The Hall–Kier alpha value is -3.17. The molecule has 1 aromatic heterocycles. The molecular formula is C19H19N3O5S. The number of methoxy groups -OCH3 is 1. The minimum absolute atomic E-state index is 0.117. The molecule has 146 valence electrons. The first-order valence-corrected chi connectivity index (χ1v) is 9.84. The van der Waals surface area contributed by atoms with Crippen LogP contribution >= 0.6 is 0 Å². The van der Waals surface area contributed by atoms with Gasteiger partial charge in [-0.25, -0.2) is 13.4 Å². The van der Waals surface area contributed by atoms with Crippen LogP contribution in [0, 0.1) is 0 Å². The highest BCUT2D eigenvalue weighted by atomic mass is 32.2. The lowest BCUT2D eigenvalue weighted by atomic mass is 10.3. The molecule has 0 aliphatic carbocycles. The molecule has 0 amide bonds. The first kappa shape index (κ1) is 19.6. The van der Waals surface area contributed by atoms with Crippen molar-refractivity contribution in [3.63, 3.8) is 0 Å². The number of aromatic nitrogens is 2. The number of sulfonamides is 1. The van der Waals surface area contributed by atoms with Crippen LogP contribution in [-0.4, -0.2) is 38.7 Å². The minimum Gasteiger partial charge on any atom is -0.491 e. The summed E-state index contributed by atoms with van der Waals surface area (Å²) < 4.78 is 43.7. The molecule has 0 saturated carbocycles. The van der Waals surface area contributed by atoms with Gasteiger partial charge in [0.15, 0.2) is 0 Å². The van der Waals surface area contributed by atoms with Crippen LogP contribution in [0.15, 0.2) is 72.0 Å². The first-order valence-electron chi connectivity index (χ1n) is 8.35. The Bertz CT molecular complexity index is 996. The van der Waals surface area contributed by atoms with Crippen LogP contribution in [0.5, 0.6) is 17.4 Å². The molecule has 0 saturated heterocycles. The highest BCUT2D eigenvalue weighted by molar-refractivity contribution is 7.92. The van der Waals surface area contributed by atoms with E-state index in [-0.39, 0.29) is 4.90 Å². The molecule has 1 N–H and O–H groups in total. The van der Waals surface area contributed by atoms with E-state index in [9.17, 15) is 8.42 Å². The zero-order valence-electron chi connectivity index (χ0n) is 15.1. The number of nitrogens with one attached hydrogen (secondary N) is 1. The lowest BCUT2D eigenvalue weighted by Gasteiger charge is -2.11. The summed E-state index contributed by atoms with van der Waals surface area (Å²) in [7, 11) is -2.18. The molecule has 0 fully saturated rings. The molecule has 1 heterocycles. The fraction of sp³-hybridized carbons (Fsp3) is 0.158. The molecule has 0 aliphatic rings. The van der Waals surface area contributed by atoms with Crippen molar-refractivity contribution >= 4 is 15.7 Å². The quantitative estimate of drug-likeness (QED) is 0.550. The number of rotatable bonds is 9. The third kappa shape index (κ3) is 5.41. The van der Waals surface area contributed by atoms with Crippen molar-refractivity contribution in [1.29, 1.82) is 0 Å². The number of nitrogens with zero attached hydrogens (tertiary/aromatic N) is 2. The van der Waals surface area contributed by atoms with Crippen LogP contribution in [0.3, 0.4) is 0 Å². The lowest BCUT2D eigenvalue weighted by Crippen LogP contribution is -2.13. The van der Waals surface area contributed by atoms with Gasteiger partial charge < -0.3 is 14.2 Å². The summed E-state index contributed by atoms with van der Waals surface area (Å²) >= 11 is 0. The van der Waals surface area contributed by atoms with Crippen LogP contribution in [0.2, 0.25) is 0 Å². The van der Waals surface area contributed by atoms with Crippen molar-refractivity contribution in [1.82, 2.24) is 9.97 Å². The fourth-order valence-corrected chi connectivity index (χ4v) is 3.30. The Kier molecular flexibility index (Phi) is 6.41. The summed E-state index contributed by atoms with van der Waals surface area (Å²) in [4.78, 5) is 8.05. The lowest BCUT2D eigenvalue weighted by molar-refractivity contribution is 0.146. The predicted octanol–water partition coefficient (Wildman–Crippen LogP) is 3.09. The zero-order chi connectivity index (χ0) is 19.8. The Balaban J connectivity index is 1.69. The highest BCUT2D eigenvalue weighted by Crippen LogP contribution is 2.24. The molecule has 9 heteroatoms. The van der Waals surface area contributed by atoms with Crippen LogP contribution in [0.25, 0.3) is 0 Å². The third-order valence-electron chi connectivity index (χ3n) is 3.54. The van der Waals surface area contributed by atoms with E-state index in [4.69, 9.17) is 14.2 Å². The number of hydrogen-bond acceptors (Lipinski definition) is 7. The largest absolute Gasteiger partial charge is 0.491 e. The number of benzene rings is 2. The smallest absolute Gasteiger partial charge is 0.261 e. The first-order chi connectivity index (χ1) is 13.6. The summed E-state index contributed by atoms with van der Waals surface area (Å²) in [5.41, 5.74) is 0.363. The topological polar surface area (TPSA) is 99.6 Å². The summed E-state index contributed by atoms with van der Waals surface area (Å²) in [5.74, 6) is 1.31. The van der Waals surface area contributed by atoms with Gasteiger partial charge in [-0.3, -0.25) is 9.71 Å². The molecule has 8 nitrogen and oxygen atoms in total. The molecule has 28 heavy (non-hydrogen) atoms. The molecule has 0 unspecified atom stereocenters. The molecule has 3 rings (SSSR count). The predicted molar refractivity (Wildman–Crippen MR) is 103 cm³/mol. The van der Waals surface area contributed by atoms with Gasteiger partial charge in [-0.05, 0) is 36.4 Å². The normalized spacial score (nSPS) is 11.0. The molecular weight excluding hydrogens is 382 g/mol. The average Bonchev–Trinajstić information content (AvgIpc) is 2.69. The Morgan fingerprint density at radius 2 is 1.82 bits per heavy atom. The number of anilines is 1. The van der Waals surface area contributed by atoms with E-state index >= 15 is 0 Å². The van der Waals surface area contributed by atoms with Gasteiger partial charge in [-0.2, -0.15) is 0 Å². The van der Waals surface area contributed by atoms with Crippen LogP contribution in [0.1, 0.15) is 0 Å². The van der Waals surface area contributed by atoms with Gasteiger partial charge in [0.25, 0.3) is 10.0 Å². The van der Waals surface area contributed by atoms with Crippen molar-refractivity contribution in [3.8, 4) is 17.4 Å². The van der Waals surface area contributed by atoms with Gasteiger partial charge in [0.05, 0.1) is 23.4 Å². The molecule has 2 aromatic carbocycles. The summed E-state index contributed by atoms with van der Waals surface area (Å²) in [6, 6.07) is 12.7. The van der Waals surface area contributed by atoms with E-state index in [2.05, 4.69) is 14.7 Å². The Morgan fingerprint density at radius 1 is 1.00 bits per heavy atom. The van der Waals surface area contributed by atoms with E-state index < -0.39 is 10.0 Å². The Morgan fingerprint density at radius 3 is 2.54 bits per heavy atom. The van der Waals surface area contributed by atoms with E-state index in [0.29, 0.717) is 36.3 Å². The van der Waals surface area contributed by atoms with Gasteiger partial charge in [-0.15, -0.1) is 0 Å². The second-order valence-electron chi connectivity index (χ2n) is 5.59. The van der Waals surface area contributed by atoms with Crippen molar-refractivity contribution in [2.75, 3.05) is 25.0 Å². The average molecular weight is 401 g/mol. The molecule has 0 aliphatic heterocycles. The molecule has 3 aromatic rings. The van der Waals surface area contributed by atoms with Crippen LogP contribution in [0.4, 0.5) is 5.69 Å². The van der Waals surface area contributed by atoms with Gasteiger partial charge in [0.2, 0.25) is 5.88 Å². The summed E-state index contributed by atoms with van der Waals surface area (Å²) in [6.07, 6.45) is 4.50. The summed E-state index contributed by atoms with van der Waals surface area (Å²) in [5, 5.41) is 0. The van der Waals surface area contributed by atoms with E-state index in [1.165, 1.54) is 30.7 Å². The molecule has 0 atom stereocenters. The highest BCUT2D eigenvalue weighted by Gasteiger charge is 2.15. The molecule has 0 radical (unpaired) electrons. The van der Waals surface area contributed by atoms with Crippen LogP contribution in [-0.2, 0) is 14.8 Å². The van der Waals surface area contributed by atoms with Gasteiger partial charge in [-0.1, -0.05) is 6.07 Å². The van der Waals surface area contributed by atoms with Crippen molar-refractivity contribution in [3.05, 3.63) is 67.1 Å². The van der Waals surface area contributed by atoms with E-state index in [1.807, 2.05) is 0 Å². The maximum absolute atomic E-state index is 12.6. The minimum atomic E-state index is -3.76. The fourth-order valence-electron chi connectivity index (χ4n) is 2.25. The van der Waals surface area contributed by atoms with Crippen LogP contribution < -0.4 is 14.2 Å². The third-order valence-corrected chi connectivity index (χ3v) is 4.94. The van der Waals surface area contributed by atoms with Gasteiger partial charge in [0.1, 0.15) is 18.1 Å². The van der Waals surface area contributed by atoms with Crippen molar-refractivity contribution < 1.29 is 22.6 Å². The second-order valence-corrected chi connectivity index (χ2v) is 7.27. The van der Waals surface area contributed by atoms with Crippen molar-refractivity contribution in [2.45, 2.75) is 4.90 Å². The monoisotopic (exact) mass is 401 g/mol. The maximum atomic E-state index is 12.6. The SMILES string of the molecule is COCCOc1ccc(S(=O)(=O)Nc2cccc(Oc3cnccn3)c2)cc1. The standard InChI is InChI=1S/C19H19N3O5S/c1-25-11-12-26-16-5-7-18(8-6-16)28(23,24)22-15-3-2-4-17(13-15)27-19-14-20-9-10-21-19/h2-10,13-14,22H,11-12H2,1H3. The molecule has 0 spiro atoms. The maximum Gasteiger partial charge on any atom is 0.261 e. The second kappa shape index (κ2) is 9.16. The number of ether oxygens (including phenoxy) is 3. The Labute approximate surface area is 163 Å².